The van der Waals surface area contributed by atoms with Crippen LogP contribution in [0.1, 0.15) is 10.4 Å². The van der Waals surface area contributed by atoms with E-state index >= 15 is 0 Å². The number of ketones is 1. The molecule has 25 heavy (non-hydrogen) atoms. The zero-order valence-electron chi connectivity index (χ0n) is 13.4. The van der Waals surface area contributed by atoms with E-state index in [1.807, 2.05) is 36.4 Å². The first-order valence-electron chi connectivity index (χ1n) is 7.75. The van der Waals surface area contributed by atoms with Crippen LogP contribution in [0.25, 0.3) is 10.8 Å². The molecule has 6 heteroatoms. The Morgan fingerprint density at radius 3 is 2.44 bits per heavy atom. The fraction of sp³-hybridized carbons (Fsp3) is 0.105. The number of likely N-dealkylation sites (N-methyl/N-ethyl adjacent to an activating group) is 1. The maximum absolute atomic E-state index is 13.0. The number of hydrogen-bond acceptors (Lipinski definition) is 4. The first kappa shape index (κ1) is 16.3. The van der Waals surface area contributed by atoms with Crippen molar-refractivity contribution < 1.29 is 13.2 Å². The van der Waals surface area contributed by atoms with E-state index in [0.29, 0.717) is 10.5 Å². The summed E-state index contributed by atoms with van der Waals surface area (Å²) in [7, 11) is -2.21. The van der Waals surface area contributed by atoms with Gasteiger partial charge in [0.25, 0.3) is 0 Å². The highest BCUT2D eigenvalue weighted by Gasteiger charge is 2.40. The van der Waals surface area contributed by atoms with Crippen LogP contribution < -0.4 is 0 Å². The number of thioether (sulfide) groups is 1. The predicted octanol–water partition coefficient (Wildman–Crippen LogP) is 3.78. The first-order valence-corrected chi connectivity index (χ1v) is 10.1. The molecule has 1 atom stereocenters. The van der Waals surface area contributed by atoms with Crippen LogP contribution in [-0.4, -0.2) is 30.9 Å². The lowest BCUT2D eigenvalue weighted by molar-refractivity contribution is 0.0955. The average molecular weight is 369 g/mol. The van der Waals surface area contributed by atoms with Gasteiger partial charge in [0.2, 0.25) is 10.0 Å². The van der Waals surface area contributed by atoms with Gasteiger partial charge in [-0.15, -0.1) is 0 Å². The third-order valence-corrected chi connectivity index (χ3v) is 7.84. The van der Waals surface area contributed by atoms with Crippen LogP contribution in [0.15, 0.2) is 76.5 Å². The summed E-state index contributed by atoms with van der Waals surface area (Å²) < 4.78 is 26.6. The second-order valence-corrected chi connectivity index (χ2v) is 8.95. The maximum atomic E-state index is 13.0. The quantitative estimate of drug-likeness (QED) is 0.645. The van der Waals surface area contributed by atoms with E-state index in [1.165, 1.54) is 18.8 Å². The lowest BCUT2D eigenvalue weighted by atomic mass is 10.0. The minimum Gasteiger partial charge on any atom is -0.291 e. The van der Waals surface area contributed by atoms with E-state index in [1.54, 1.807) is 30.3 Å². The summed E-state index contributed by atoms with van der Waals surface area (Å²) in [5.41, 5.74) is 0.512. The summed E-state index contributed by atoms with van der Waals surface area (Å²) in [6, 6.07) is 20.0. The van der Waals surface area contributed by atoms with Crippen molar-refractivity contribution in [1.29, 1.82) is 0 Å². The average Bonchev–Trinajstić information content (AvgIpc) is 2.64. The number of rotatable bonds is 2. The molecule has 0 bridgehead atoms. The van der Waals surface area contributed by atoms with Gasteiger partial charge in [-0.05, 0) is 29.0 Å². The minimum atomic E-state index is -3.67. The molecule has 1 unspecified atom stereocenters. The van der Waals surface area contributed by atoms with Crippen molar-refractivity contribution in [1.82, 2.24) is 4.31 Å². The summed E-state index contributed by atoms with van der Waals surface area (Å²) in [6.07, 6.45) is 0. The smallest absolute Gasteiger partial charge is 0.245 e. The standard InChI is InChI=1S/C19H15NO3S2/c1-20-19(24-16-8-4-5-9-17(16)25(20,22)23)18(21)15-11-10-13-6-2-3-7-14(13)12-15/h2-12,19H,1H3. The molecule has 0 N–H and O–H groups in total. The van der Waals surface area contributed by atoms with Gasteiger partial charge in [-0.1, -0.05) is 60.3 Å². The topological polar surface area (TPSA) is 54.5 Å². The molecule has 1 heterocycles. The third kappa shape index (κ3) is 2.66. The van der Waals surface area contributed by atoms with E-state index in [4.69, 9.17) is 0 Å². The number of carbonyl (C=O) groups excluding carboxylic acids is 1. The van der Waals surface area contributed by atoms with Crippen molar-refractivity contribution in [3.63, 3.8) is 0 Å². The van der Waals surface area contributed by atoms with Crippen LogP contribution in [0.4, 0.5) is 0 Å². The second-order valence-electron chi connectivity index (χ2n) is 5.86. The monoisotopic (exact) mass is 369 g/mol. The van der Waals surface area contributed by atoms with Gasteiger partial charge >= 0.3 is 0 Å². The highest BCUT2D eigenvalue weighted by Crippen LogP contribution is 2.40. The third-order valence-electron chi connectivity index (χ3n) is 4.33. The molecule has 3 aromatic rings. The highest BCUT2D eigenvalue weighted by atomic mass is 32.2. The Labute approximate surface area is 150 Å². The molecule has 0 saturated carbocycles. The van der Waals surface area contributed by atoms with Crippen LogP contribution in [0.5, 0.6) is 0 Å². The Bertz CT molecular complexity index is 1090. The van der Waals surface area contributed by atoms with Crippen LogP contribution in [0.2, 0.25) is 0 Å². The minimum absolute atomic E-state index is 0.212. The molecular formula is C19H15NO3S2. The number of nitrogens with zero attached hydrogens (tertiary/aromatic N) is 1. The summed E-state index contributed by atoms with van der Waals surface area (Å²) >= 11 is 1.27. The first-order chi connectivity index (χ1) is 12.0. The maximum Gasteiger partial charge on any atom is 0.245 e. The fourth-order valence-electron chi connectivity index (χ4n) is 2.94. The Morgan fingerprint density at radius 1 is 0.960 bits per heavy atom. The summed E-state index contributed by atoms with van der Waals surface area (Å²) in [6.45, 7) is 0. The van der Waals surface area contributed by atoms with E-state index in [0.717, 1.165) is 15.1 Å². The zero-order chi connectivity index (χ0) is 17.6. The van der Waals surface area contributed by atoms with E-state index in [9.17, 15) is 13.2 Å². The Hall–Kier alpha value is -2.15. The Kier molecular flexibility index (Phi) is 3.91. The molecule has 1 aliphatic rings. The van der Waals surface area contributed by atoms with Gasteiger partial charge in [0.1, 0.15) is 5.37 Å². The van der Waals surface area contributed by atoms with Crippen molar-refractivity contribution in [2.45, 2.75) is 15.2 Å². The molecule has 0 saturated heterocycles. The highest BCUT2D eigenvalue weighted by molar-refractivity contribution is 8.03. The molecular weight excluding hydrogens is 354 g/mol. The molecule has 4 nitrogen and oxygen atoms in total. The SMILES string of the molecule is CN1C(C(=O)c2ccc3ccccc3c2)Sc2ccccc2S1(=O)=O. The van der Waals surface area contributed by atoms with Crippen LogP contribution in [0, 0.1) is 0 Å². The van der Waals surface area contributed by atoms with Crippen LogP contribution in [0.3, 0.4) is 0 Å². The molecule has 3 aromatic carbocycles. The van der Waals surface area contributed by atoms with E-state index < -0.39 is 15.4 Å². The summed E-state index contributed by atoms with van der Waals surface area (Å²) in [5.74, 6) is -0.212. The van der Waals surface area contributed by atoms with Gasteiger partial charge < -0.3 is 0 Å². The normalized spacial score (nSPS) is 19.5. The van der Waals surface area contributed by atoms with Crippen molar-refractivity contribution in [2.75, 3.05) is 7.05 Å². The fourth-order valence-corrected chi connectivity index (χ4v) is 6.07. The lowest BCUT2D eigenvalue weighted by Crippen LogP contribution is -2.42. The molecule has 1 aliphatic heterocycles. The molecule has 126 valence electrons. The largest absolute Gasteiger partial charge is 0.291 e. The van der Waals surface area contributed by atoms with Gasteiger partial charge in [-0.25, -0.2) is 8.42 Å². The van der Waals surface area contributed by atoms with Crippen molar-refractivity contribution >= 4 is 38.3 Å². The van der Waals surface area contributed by atoms with Gasteiger partial charge in [-0.2, -0.15) is 4.31 Å². The molecule has 0 radical (unpaired) electrons. The molecule has 0 aromatic heterocycles. The van der Waals surface area contributed by atoms with Crippen LogP contribution in [-0.2, 0) is 10.0 Å². The van der Waals surface area contributed by atoms with E-state index in [-0.39, 0.29) is 10.7 Å². The number of carbonyl (C=O) groups is 1. The van der Waals surface area contributed by atoms with Crippen LogP contribution >= 0.6 is 11.8 Å². The van der Waals surface area contributed by atoms with Gasteiger partial charge in [0, 0.05) is 17.5 Å². The number of sulfonamides is 1. The number of Topliss-reactive ketones (excluding diaryl/α,β-unsaturated/α-hetero) is 1. The van der Waals surface area contributed by atoms with Gasteiger partial charge in [-0.3, -0.25) is 4.79 Å². The van der Waals surface area contributed by atoms with E-state index in [2.05, 4.69) is 0 Å². The zero-order valence-corrected chi connectivity index (χ0v) is 15.0. The second kappa shape index (κ2) is 5.98. The summed E-state index contributed by atoms with van der Waals surface area (Å²) in [4.78, 5) is 13.9. The molecule has 0 amide bonds. The molecule has 4 rings (SSSR count). The Morgan fingerprint density at radius 2 is 1.64 bits per heavy atom. The van der Waals surface area contributed by atoms with Crippen molar-refractivity contribution in [3.05, 3.63) is 72.3 Å². The van der Waals surface area contributed by atoms with Crippen molar-refractivity contribution in [3.8, 4) is 0 Å². The number of benzene rings is 3. The molecule has 0 spiro atoms. The predicted molar refractivity (Wildman–Crippen MR) is 99.3 cm³/mol. The molecule has 0 aliphatic carbocycles. The number of fused-ring (bicyclic) bond motifs is 2. The van der Waals surface area contributed by atoms with Gasteiger partial charge in [0.05, 0.1) is 4.90 Å². The lowest BCUT2D eigenvalue weighted by Gasteiger charge is -2.31. The summed E-state index contributed by atoms with van der Waals surface area (Å²) in [5, 5.41) is 1.20. The number of hydrogen-bond donors (Lipinski definition) is 0. The molecule has 0 fully saturated rings. The van der Waals surface area contributed by atoms with Crippen molar-refractivity contribution in [2.24, 2.45) is 0 Å². The van der Waals surface area contributed by atoms with Gasteiger partial charge in [0.15, 0.2) is 5.78 Å². The Balaban J connectivity index is 1.77.